The monoisotopic (exact) mass is 624 g/mol. The van der Waals surface area contributed by atoms with Crippen LogP contribution in [-0.4, -0.2) is 73.7 Å². The van der Waals surface area contributed by atoms with Gasteiger partial charge in [-0.05, 0) is 60.2 Å². The van der Waals surface area contributed by atoms with E-state index in [0.717, 1.165) is 54.3 Å². The molecule has 0 radical (unpaired) electrons. The number of nitrogens with one attached hydrogen (secondary N) is 2. The number of aliphatic carboxylic acids is 1. The van der Waals surface area contributed by atoms with E-state index in [1.165, 1.54) is 0 Å². The Morgan fingerprint density at radius 1 is 0.955 bits per heavy atom. The topological polar surface area (TPSA) is 167 Å². The summed E-state index contributed by atoms with van der Waals surface area (Å²) in [5, 5.41) is 16.5. The summed E-state index contributed by atoms with van der Waals surface area (Å²) < 4.78 is 34.5. The fourth-order valence-corrected chi connectivity index (χ4v) is 4.61. The summed E-state index contributed by atoms with van der Waals surface area (Å²) in [5.74, 6) is -5.27. The van der Waals surface area contributed by atoms with Gasteiger partial charge in [0.1, 0.15) is 0 Å². The van der Waals surface area contributed by atoms with Gasteiger partial charge in [-0.1, -0.05) is 48.6 Å². The lowest BCUT2D eigenvalue weighted by Gasteiger charge is -2.22. The number of hydrogen-bond acceptors (Lipinski definition) is 10. The molecule has 1 heterocycles. The number of alkyl halides is 3. The molecule has 1 fully saturated rings. The largest absolute Gasteiger partial charge is 0.495 e. The van der Waals surface area contributed by atoms with Gasteiger partial charge in [-0.15, -0.1) is 0 Å². The Balaban J connectivity index is 0.000000271. The van der Waals surface area contributed by atoms with Crippen LogP contribution in [0.4, 0.5) is 13.2 Å². The summed E-state index contributed by atoms with van der Waals surface area (Å²) in [4.78, 5) is 69.5. The van der Waals surface area contributed by atoms with Crippen molar-refractivity contribution in [3.8, 4) is 0 Å². The third-order valence-corrected chi connectivity index (χ3v) is 6.70. The molecule has 1 amide bonds. The summed E-state index contributed by atoms with van der Waals surface area (Å²) in [6.45, 7) is 0.240. The second-order valence-corrected chi connectivity index (χ2v) is 9.85. The van der Waals surface area contributed by atoms with Gasteiger partial charge in [0.15, 0.2) is 19.0 Å². The van der Waals surface area contributed by atoms with Crippen molar-refractivity contribution in [1.82, 2.24) is 10.6 Å². The van der Waals surface area contributed by atoms with Gasteiger partial charge >= 0.3 is 24.1 Å². The minimum absolute atomic E-state index is 0.0136. The van der Waals surface area contributed by atoms with Crippen molar-refractivity contribution in [2.75, 3.05) is 32.8 Å². The maximum Gasteiger partial charge on any atom is 0.495 e. The molecule has 0 saturated carbocycles. The molecule has 1 unspecified atom stereocenters. The average Bonchev–Trinajstić information content (AvgIpc) is 3.00. The van der Waals surface area contributed by atoms with Crippen LogP contribution in [-0.2, 0) is 43.5 Å². The molecule has 1 atom stereocenters. The third kappa shape index (κ3) is 10.7. The van der Waals surface area contributed by atoms with Gasteiger partial charge in [-0.2, -0.15) is 13.2 Å². The number of carbonyl (C=O) groups is 5. The first-order chi connectivity index (χ1) is 21.0. The van der Waals surface area contributed by atoms with Crippen LogP contribution in [0.15, 0.2) is 42.5 Å². The number of allylic oxidation sites excluding steroid dienone is 1. The molecule has 1 aliphatic heterocycles. The predicted octanol–water partition coefficient (Wildman–Crippen LogP) is 3.00. The number of halogens is 3. The Morgan fingerprint density at radius 3 is 2.32 bits per heavy atom. The fraction of sp³-hybridized carbons (Fsp3) is 0.414. The van der Waals surface area contributed by atoms with Crippen molar-refractivity contribution in [3.05, 3.63) is 53.6 Å². The number of benzene rings is 2. The summed E-state index contributed by atoms with van der Waals surface area (Å²) in [6.07, 6.45) is 2.39. The van der Waals surface area contributed by atoms with E-state index in [0.29, 0.717) is 12.3 Å². The van der Waals surface area contributed by atoms with Crippen molar-refractivity contribution in [2.45, 2.75) is 37.8 Å². The minimum Gasteiger partial charge on any atom is -0.479 e. The highest BCUT2D eigenvalue weighted by Crippen LogP contribution is 2.35. The molecule has 238 valence electrons. The molecular weight excluding hydrogens is 593 g/mol. The molecule has 1 aliphatic carbocycles. The highest BCUT2D eigenvalue weighted by atomic mass is 19.4. The van der Waals surface area contributed by atoms with Gasteiger partial charge in [-0.3, -0.25) is 9.59 Å². The average molecular weight is 625 g/mol. The molecule has 15 heteroatoms. The number of ketones is 1. The van der Waals surface area contributed by atoms with Crippen LogP contribution < -0.4 is 10.6 Å². The maximum atomic E-state index is 12.8. The van der Waals surface area contributed by atoms with E-state index >= 15 is 0 Å². The minimum atomic E-state index is -5.30. The van der Waals surface area contributed by atoms with E-state index in [1.807, 2.05) is 30.4 Å². The van der Waals surface area contributed by atoms with Crippen LogP contribution in [0.1, 0.15) is 42.7 Å². The summed E-state index contributed by atoms with van der Waals surface area (Å²) >= 11 is 0. The number of carboxylic acid groups (broad SMARTS) is 1. The van der Waals surface area contributed by atoms with Crippen LogP contribution in [0.3, 0.4) is 0 Å². The molecule has 2 aliphatic rings. The number of rotatable bonds is 11. The van der Waals surface area contributed by atoms with Crippen molar-refractivity contribution < 1.29 is 61.8 Å². The lowest BCUT2D eigenvalue weighted by Crippen LogP contribution is -2.33. The Labute approximate surface area is 249 Å². The van der Waals surface area contributed by atoms with E-state index in [4.69, 9.17) is 5.11 Å². The van der Waals surface area contributed by atoms with Crippen LogP contribution in [0.25, 0.3) is 16.8 Å². The molecular formula is C29H31F3N2O10. The quantitative estimate of drug-likeness (QED) is 0.191. The van der Waals surface area contributed by atoms with Crippen molar-refractivity contribution >= 4 is 46.4 Å². The maximum absolute atomic E-state index is 12.8. The first kappa shape index (κ1) is 34.2. The summed E-state index contributed by atoms with van der Waals surface area (Å²) in [6, 6.07) is 12.3. The Kier molecular flexibility index (Phi) is 12.8. The van der Waals surface area contributed by atoms with Crippen molar-refractivity contribution in [3.63, 3.8) is 0 Å². The zero-order valence-corrected chi connectivity index (χ0v) is 23.4. The molecule has 2 aromatic rings. The number of carbonyl (C=O) groups excluding carboxylic acids is 4. The second kappa shape index (κ2) is 16.5. The zero-order chi connectivity index (χ0) is 32.1. The van der Waals surface area contributed by atoms with E-state index in [9.17, 15) is 37.1 Å². The highest BCUT2D eigenvalue weighted by molar-refractivity contribution is 6.03. The van der Waals surface area contributed by atoms with Gasteiger partial charge in [-0.25, -0.2) is 33.9 Å². The third-order valence-electron chi connectivity index (χ3n) is 6.70. The lowest BCUT2D eigenvalue weighted by atomic mass is 9.84. The number of piperidine rings is 1. The van der Waals surface area contributed by atoms with Crippen LogP contribution in [0.2, 0.25) is 0 Å². The SMILES string of the molecule is O=C(CCC1CCNCC1)NCC(=O)C1C=Cc2cccc3cccc1c23.O=C(O)COOCC(=O)OOC(=O)C(F)(F)F. The molecule has 0 spiro atoms. The number of hydrogen-bond donors (Lipinski definition) is 3. The van der Waals surface area contributed by atoms with E-state index in [1.54, 1.807) is 0 Å². The smallest absolute Gasteiger partial charge is 0.479 e. The molecule has 4 rings (SSSR count). The van der Waals surface area contributed by atoms with Gasteiger partial charge in [0.2, 0.25) is 5.91 Å². The number of carboxylic acids is 1. The molecule has 0 bridgehead atoms. The van der Waals surface area contributed by atoms with Crippen LogP contribution >= 0.6 is 0 Å². The van der Waals surface area contributed by atoms with Gasteiger partial charge in [0.25, 0.3) is 0 Å². The number of amides is 1. The predicted molar refractivity (Wildman–Crippen MR) is 146 cm³/mol. The summed E-state index contributed by atoms with van der Waals surface area (Å²) in [5.41, 5.74) is 2.19. The van der Waals surface area contributed by atoms with Gasteiger partial charge in [0.05, 0.1) is 12.5 Å². The fourth-order valence-electron chi connectivity index (χ4n) is 4.61. The standard InChI is InChI=1S/C23H26N2O2.C6H5F3O8/c26-21(15-25-22(27)10-7-16-11-13-24-14-12-16)19-9-8-18-4-1-3-17-5-2-6-20(19)23(17)18;7-6(8,9)5(13)17-16-4(12)2-15-14-1-3(10)11/h1-6,8-9,16,19,24H,7,10-15H2,(H,25,27);1-2H2,(H,10,11). The van der Waals surface area contributed by atoms with E-state index in [2.05, 4.69) is 48.4 Å². The molecule has 44 heavy (non-hydrogen) atoms. The van der Waals surface area contributed by atoms with Gasteiger partial charge < -0.3 is 15.7 Å². The second-order valence-electron chi connectivity index (χ2n) is 9.85. The first-order valence-electron chi connectivity index (χ1n) is 13.6. The molecule has 1 saturated heterocycles. The van der Waals surface area contributed by atoms with Crippen molar-refractivity contribution in [1.29, 1.82) is 0 Å². The first-order valence-corrected chi connectivity index (χ1v) is 13.6. The lowest BCUT2D eigenvalue weighted by molar-refractivity contribution is -0.314. The van der Waals surface area contributed by atoms with Crippen LogP contribution in [0, 0.1) is 5.92 Å². The summed E-state index contributed by atoms with van der Waals surface area (Å²) in [7, 11) is 0. The van der Waals surface area contributed by atoms with E-state index < -0.39 is 37.3 Å². The Morgan fingerprint density at radius 2 is 1.64 bits per heavy atom. The highest BCUT2D eigenvalue weighted by Gasteiger charge is 2.43. The van der Waals surface area contributed by atoms with Crippen LogP contribution in [0.5, 0.6) is 0 Å². The molecule has 12 nitrogen and oxygen atoms in total. The Hall–Kier alpha value is -4.34. The van der Waals surface area contributed by atoms with Gasteiger partial charge in [0, 0.05) is 6.42 Å². The van der Waals surface area contributed by atoms with E-state index in [-0.39, 0.29) is 24.2 Å². The van der Waals surface area contributed by atoms with Crippen molar-refractivity contribution in [2.24, 2.45) is 5.92 Å². The molecule has 0 aromatic heterocycles. The Bertz CT molecular complexity index is 1370. The zero-order valence-electron chi connectivity index (χ0n) is 23.4. The molecule has 2 aromatic carbocycles. The number of Topliss-reactive ketones (excluding diaryl/α,β-unsaturated/α-hetero) is 1. The molecule has 3 N–H and O–H groups in total. The normalized spacial score (nSPS) is 15.9.